The maximum atomic E-state index is 13.8. The number of halogens is 1. The number of anilines is 1. The van der Waals surface area contributed by atoms with Crippen molar-refractivity contribution in [1.29, 1.82) is 0 Å². The molecule has 2 aromatic heterocycles. The molecule has 0 aliphatic carbocycles. The van der Waals surface area contributed by atoms with Crippen LogP contribution in [-0.4, -0.2) is 21.2 Å². The first kappa shape index (κ1) is 21.0. The van der Waals surface area contributed by atoms with Gasteiger partial charge in [0.25, 0.3) is 5.56 Å². The van der Waals surface area contributed by atoms with Crippen LogP contribution in [0.1, 0.15) is 0 Å². The number of allylic oxidation sites excluding steroid dienone is 1. The Morgan fingerprint density at radius 3 is 2.68 bits per heavy atom. The Morgan fingerprint density at radius 2 is 1.94 bits per heavy atom. The third kappa shape index (κ3) is 4.45. The number of para-hydroxylation sites is 1. The van der Waals surface area contributed by atoms with Gasteiger partial charge in [-0.05, 0) is 17.7 Å². The van der Waals surface area contributed by atoms with Crippen LogP contribution < -0.4 is 10.9 Å². The van der Waals surface area contributed by atoms with E-state index in [1.165, 1.54) is 28.0 Å². The van der Waals surface area contributed by atoms with Gasteiger partial charge in [-0.15, -0.1) is 17.9 Å². The predicted octanol–water partition coefficient (Wildman–Crippen LogP) is 5.18. The number of hydrogen-bond donors (Lipinski definition) is 1. The standard InChI is InChI=1S/C23H18FN3O2S2/c1-2-12-27-22(29)20-16(15-8-4-3-5-9-15)13-30-21(20)26-23(27)31-14-19(28)25-18-11-7-6-10-17(18)24/h2-11,13H,1,12,14H2,(H,25,28). The van der Waals surface area contributed by atoms with Crippen molar-refractivity contribution in [3.8, 4) is 11.1 Å². The number of hydrogen-bond acceptors (Lipinski definition) is 5. The molecular formula is C23H18FN3O2S2. The summed E-state index contributed by atoms with van der Waals surface area (Å²) >= 11 is 2.52. The maximum Gasteiger partial charge on any atom is 0.263 e. The fourth-order valence-electron chi connectivity index (χ4n) is 3.12. The second-order valence-electron chi connectivity index (χ2n) is 6.61. The minimum Gasteiger partial charge on any atom is -0.323 e. The summed E-state index contributed by atoms with van der Waals surface area (Å²) in [5, 5.41) is 5.44. The Hall–Kier alpha value is -3.23. The molecule has 0 unspecified atom stereocenters. The Balaban J connectivity index is 1.64. The number of rotatable bonds is 7. The van der Waals surface area contributed by atoms with Gasteiger partial charge >= 0.3 is 0 Å². The van der Waals surface area contributed by atoms with Crippen LogP contribution in [-0.2, 0) is 11.3 Å². The number of nitrogens with one attached hydrogen (secondary N) is 1. The number of carbonyl (C=O) groups is 1. The quantitative estimate of drug-likeness (QED) is 0.239. The monoisotopic (exact) mass is 451 g/mol. The van der Waals surface area contributed by atoms with Crippen LogP contribution in [0.2, 0.25) is 0 Å². The Labute approximate surface area is 186 Å². The number of aromatic nitrogens is 2. The summed E-state index contributed by atoms with van der Waals surface area (Å²) in [6.07, 6.45) is 1.62. The first-order valence-electron chi connectivity index (χ1n) is 9.44. The Morgan fingerprint density at radius 1 is 1.19 bits per heavy atom. The molecule has 0 radical (unpaired) electrons. The largest absolute Gasteiger partial charge is 0.323 e. The average Bonchev–Trinajstić information content (AvgIpc) is 3.21. The van der Waals surface area contributed by atoms with Gasteiger partial charge in [-0.2, -0.15) is 0 Å². The van der Waals surface area contributed by atoms with Gasteiger partial charge < -0.3 is 5.32 Å². The van der Waals surface area contributed by atoms with Crippen molar-refractivity contribution in [2.45, 2.75) is 11.7 Å². The van der Waals surface area contributed by atoms with Gasteiger partial charge in [-0.25, -0.2) is 9.37 Å². The molecular weight excluding hydrogens is 433 g/mol. The summed E-state index contributed by atoms with van der Waals surface area (Å²) in [4.78, 5) is 30.9. The van der Waals surface area contributed by atoms with E-state index in [9.17, 15) is 14.0 Å². The molecule has 4 aromatic rings. The normalized spacial score (nSPS) is 10.9. The fourth-order valence-corrected chi connectivity index (χ4v) is 4.91. The zero-order valence-corrected chi connectivity index (χ0v) is 18.0. The highest BCUT2D eigenvalue weighted by Crippen LogP contribution is 2.32. The third-order valence-electron chi connectivity index (χ3n) is 4.54. The van der Waals surface area contributed by atoms with E-state index in [2.05, 4.69) is 16.9 Å². The van der Waals surface area contributed by atoms with Crippen LogP contribution in [0.15, 0.2) is 82.6 Å². The summed E-state index contributed by atoms with van der Waals surface area (Å²) < 4.78 is 15.3. The zero-order chi connectivity index (χ0) is 21.8. The van der Waals surface area contributed by atoms with Gasteiger partial charge in [-0.1, -0.05) is 60.3 Å². The van der Waals surface area contributed by atoms with E-state index in [0.717, 1.165) is 22.9 Å². The molecule has 2 heterocycles. The molecule has 0 aliphatic rings. The average molecular weight is 452 g/mol. The molecule has 1 amide bonds. The van der Waals surface area contributed by atoms with Gasteiger partial charge in [0.2, 0.25) is 5.91 Å². The van der Waals surface area contributed by atoms with Crippen molar-refractivity contribution in [2.24, 2.45) is 0 Å². The molecule has 31 heavy (non-hydrogen) atoms. The lowest BCUT2D eigenvalue weighted by Gasteiger charge is -2.11. The van der Waals surface area contributed by atoms with E-state index >= 15 is 0 Å². The van der Waals surface area contributed by atoms with Crippen LogP contribution in [0.25, 0.3) is 21.3 Å². The number of benzene rings is 2. The minimum absolute atomic E-state index is 0.0136. The minimum atomic E-state index is -0.504. The van der Waals surface area contributed by atoms with Crippen molar-refractivity contribution in [3.05, 3.63) is 88.8 Å². The van der Waals surface area contributed by atoms with E-state index in [4.69, 9.17) is 0 Å². The molecule has 5 nitrogen and oxygen atoms in total. The molecule has 2 aromatic carbocycles. The number of thioether (sulfide) groups is 1. The summed E-state index contributed by atoms with van der Waals surface area (Å²) in [7, 11) is 0. The lowest BCUT2D eigenvalue weighted by molar-refractivity contribution is -0.113. The second-order valence-corrected chi connectivity index (χ2v) is 8.41. The highest BCUT2D eigenvalue weighted by molar-refractivity contribution is 7.99. The van der Waals surface area contributed by atoms with Crippen LogP contribution in [0, 0.1) is 5.82 Å². The van der Waals surface area contributed by atoms with Crippen LogP contribution >= 0.6 is 23.1 Å². The molecule has 0 saturated heterocycles. The highest BCUT2D eigenvalue weighted by Gasteiger charge is 2.18. The SMILES string of the molecule is C=CCn1c(SCC(=O)Nc2ccccc2F)nc2scc(-c3ccccc3)c2c1=O. The van der Waals surface area contributed by atoms with Gasteiger partial charge in [0, 0.05) is 17.5 Å². The van der Waals surface area contributed by atoms with Gasteiger partial charge in [0.15, 0.2) is 5.16 Å². The molecule has 0 aliphatic heterocycles. The summed E-state index contributed by atoms with van der Waals surface area (Å²) in [6.45, 7) is 4.00. The van der Waals surface area contributed by atoms with E-state index in [1.807, 2.05) is 35.7 Å². The number of thiophene rings is 1. The van der Waals surface area contributed by atoms with E-state index in [-0.39, 0.29) is 29.5 Å². The Bertz CT molecular complexity index is 1320. The van der Waals surface area contributed by atoms with E-state index in [1.54, 1.807) is 18.2 Å². The van der Waals surface area contributed by atoms with Crippen molar-refractivity contribution < 1.29 is 9.18 Å². The third-order valence-corrected chi connectivity index (χ3v) is 6.38. The van der Waals surface area contributed by atoms with Crippen molar-refractivity contribution in [3.63, 3.8) is 0 Å². The first-order chi connectivity index (χ1) is 15.1. The van der Waals surface area contributed by atoms with Crippen molar-refractivity contribution in [2.75, 3.05) is 11.1 Å². The number of amides is 1. The van der Waals surface area contributed by atoms with Crippen LogP contribution in [0.4, 0.5) is 10.1 Å². The number of fused-ring (bicyclic) bond motifs is 1. The Kier molecular flexibility index (Phi) is 6.29. The predicted molar refractivity (Wildman–Crippen MR) is 125 cm³/mol. The van der Waals surface area contributed by atoms with E-state index < -0.39 is 5.82 Å². The van der Waals surface area contributed by atoms with Crippen molar-refractivity contribution >= 4 is 44.9 Å². The summed E-state index contributed by atoms with van der Waals surface area (Å²) in [5.74, 6) is -0.901. The van der Waals surface area contributed by atoms with Crippen molar-refractivity contribution in [1.82, 2.24) is 9.55 Å². The van der Waals surface area contributed by atoms with Crippen LogP contribution in [0.5, 0.6) is 0 Å². The van der Waals surface area contributed by atoms with Gasteiger partial charge in [0.1, 0.15) is 10.6 Å². The first-order valence-corrected chi connectivity index (χ1v) is 11.3. The fraction of sp³-hybridized carbons (Fsp3) is 0.0870. The molecule has 0 atom stereocenters. The molecule has 4 rings (SSSR count). The van der Waals surface area contributed by atoms with E-state index in [0.29, 0.717) is 15.4 Å². The zero-order valence-electron chi connectivity index (χ0n) is 16.4. The summed E-state index contributed by atoms with van der Waals surface area (Å²) in [6, 6.07) is 15.6. The lowest BCUT2D eigenvalue weighted by atomic mass is 10.1. The molecule has 156 valence electrons. The van der Waals surface area contributed by atoms with Gasteiger partial charge in [0.05, 0.1) is 16.8 Å². The van der Waals surface area contributed by atoms with Crippen LogP contribution in [0.3, 0.4) is 0 Å². The highest BCUT2D eigenvalue weighted by atomic mass is 32.2. The lowest BCUT2D eigenvalue weighted by Crippen LogP contribution is -2.23. The topological polar surface area (TPSA) is 64.0 Å². The second kappa shape index (κ2) is 9.28. The number of carbonyl (C=O) groups excluding carboxylic acids is 1. The van der Waals surface area contributed by atoms with Gasteiger partial charge in [-0.3, -0.25) is 14.2 Å². The smallest absolute Gasteiger partial charge is 0.263 e. The molecule has 1 N–H and O–H groups in total. The number of nitrogens with zero attached hydrogens (tertiary/aromatic N) is 2. The molecule has 0 bridgehead atoms. The molecule has 0 spiro atoms. The molecule has 0 fully saturated rings. The maximum absolute atomic E-state index is 13.8. The molecule has 0 saturated carbocycles. The molecule has 8 heteroatoms. The summed E-state index contributed by atoms with van der Waals surface area (Å²) in [5.41, 5.74) is 1.72.